The Labute approximate surface area is 474 Å². The minimum atomic E-state index is 1.22. The van der Waals surface area contributed by atoms with Gasteiger partial charge in [-0.05, 0) is 100 Å². The highest BCUT2D eigenvalue weighted by Gasteiger charge is 2.18. The number of benzene rings is 12. The van der Waals surface area contributed by atoms with Crippen LogP contribution in [0.3, 0.4) is 0 Å². The molecule has 0 aromatic heterocycles. The van der Waals surface area contributed by atoms with Crippen molar-refractivity contribution in [2.75, 3.05) is 0 Å². The summed E-state index contributed by atoms with van der Waals surface area (Å²) in [7, 11) is 0. The Morgan fingerprint density at radius 2 is 0.175 bits per heavy atom. The van der Waals surface area contributed by atoms with Crippen molar-refractivity contribution < 1.29 is 0 Å². The predicted molar refractivity (Wildman–Crippen MR) is 344 cm³/mol. The van der Waals surface area contributed by atoms with E-state index in [1.807, 2.05) is 0 Å². The van der Waals surface area contributed by atoms with Gasteiger partial charge < -0.3 is 0 Å². The number of rotatable bonds is 12. The molecule has 0 aliphatic rings. The van der Waals surface area contributed by atoms with Crippen molar-refractivity contribution in [3.05, 3.63) is 444 Å². The molecule has 0 amide bonds. The fraction of sp³-hybridized carbons (Fsp3) is 0. The van der Waals surface area contributed by atoms with Crippen molar-refractivity contribution in [3.8, 4) is 0 Å². The zero-order chi connectivity index (χ0) is 54.8. The van der Waals surface area contributed by atoms with Crippen LogP contribution in [0.5, 0.6) is 0 Å². The van der Waals surface area contributed by atoms with E-state index in [-0.39, 0.29) is 0 Å². The molecule has 0 spiro atoms. The quantitative estimate of drug-likeness (QED) is 0.0845. The summed E-state index contributed by atoms with van der Waals surface area (Å²) in [4.78, 5) is 0. The summed E-state index contributed by atoms with van der Waals surface area (Å²) < 4.78 is 0. The van der Waals surface area contributed by atoms with Gasteiger partial charge in [0.05, 0.1) is 0 Å². The topological polar surface area (TPSA) is 0 Å². The molecule has 0 fully saturated rings. The van der Waals surface area contributed by atoms with E-state index in [1.54, 1.807) is 0 Å². The van der Waals surface area contributed by atoms with Crippen LogP contribution >= 0.6 is 0 Å². The highest BCUT2D eigenvalue weighted by atomic mass is 14.2. The summed E-state index contributed by atoms with van der Waals surface area (Å²) in [5.41, 5.74) is 22.2. The van der Waals surface area contributed by atoms with E-state index in [2.05, 4.69) is 377 Å². The fourth-order valence-electron chi connectivity index (χ4n) is 9.99. The first-order chi connectivity index (χ1) is 39.8. The normalized spacial score (nSPS) is 10.1. The van der Waals surface area contributed by atoms with Gasteiger partial charge in [-0.3, -0.25) is 0 Å². The van der Waals surface area contributed by atoms with Crippen LogP contribution in [0, 0.1) is 0 Å². The molecule has 0 nitrogen and oxygen atoms in total. The van der Waals surface area contributed by atoms with Crippen molar-refractivity contribution in [2.24, 2.45) is 0 Å². The molecule has 0 heterocycles. The maximum Gasteiger partial charge on any atom is -0.00268 e. The summed E-state index contributed by atoms with van der Waals surface area (Å²) in [6.07, 6.45) is 0. The summed E-state index contributed by atoms with van der Waals surface area (Å²) in [5, 5.41) is 0. The van der Waals surface area contributed by atoms with Gasteiger partial charge in [0.25, 0.3) is 0 Å². The van der Waals surface area contributed by atoms with Gasteiger partial charge in [-0.2, -0.15) is 0 Å². The van der Waals surface area contributed by atoms with Crippen LogP contribution in [0.4, 0.5) is 0 Å². The highest BCUT2D eigenvalue weighted by molar-refractivity contribution is 6.06. The molecule has 0 aliphatic heterocycles. The van der Waals surface area contributed by atoms with Crippen molar-refractivity contribution in [1.82, 2.24) is 0 Å². The number of hydrogen-bond donors (Lipinski definition) is 0. The predicted octanol–water partition coefficient (Wildman–Crippen LogP) is 20.9. The van der Waals surface area contributed by atoms with E-state index in [0.717, 1.165) is 0 Å². The van der Waals surface area contributed by atoms with Crippen LogP contribution in [0.1, 0.15) is 66.8 Å². The van der Waals surface area contributed by atoms with Crippen molar-refractivity contribution in [2.45, 2.75) is 0 Å². The Morgan fingerprint density at radius 3 is 0.237 bits per heavy atom. The first-order valence-electron chi connectivity index (χ1n) is 27.2. The molecular formula is C80H64. The molecule has 0 saturated heterocycles. The lowest BCUT2D eigenvalue weighted by atomic mass is 9.86. The monoisotopic (exact) mass is 1020 g/mol. The first-order valence-corrected chi connectivity index (χ1v) is 27.2. The zero-order valence-electron chi connectivity index (χ0n) is 45.1. The second kappa shape index (κ2) is 29.2. The van der Waals surface area contributed by atoms with E-state index >= 15 is 0 Å². The summed E-state index contributed by atoms with van der Waals surface area (Å²) >= 11 is 0. The van der Waals surface area contributed by atoms with Crippen LogP contribution < -0.4 is 0 Å². The largest absolute Gasteiger partial charge is 0.106 e. The minimum Gasteiger partial charge on any atom is -0.106 e. The van der Waals surface area contributed by atoms with Gasteiger partial charge in [0.1, 0.15) is 0 Å². The molecule has 0 saturated carbocycles. The van der Waals surface area contributed by atoms with Gasteiger partial charge >= 0.3 is 0 Å². The molecule has 0 N–H and O–H groups in total. The third kappa shape index (κ3) is 14.1. The van der Waals surface area contributed by atoms with Crippen LogP contribution in [0.25, 0.3) is 33.4 Å². The Hall–Kier alpha value is -10.4. The molecule has 0 atom stereocenters. The van der Waals surface area contributed by atoms with E-state index in [9.17, 15) is 0 Å². The Kier molecular flexibility index (Phi) is 19.9. The molecule has 0 bridgehead atoms. The molecule has 12 rings (SSSR count). The Bertz CT molecular complexity index is 2870. The highest BCUT2D eigenvalue weighted by Crippen LogP contribution is 2.39. The summed E-state index contributed by atoms with van der Waals surface area (Å²) in [6, 6.07) is 128. The standard InChI is InChI=1S/3C26H20.C2H4/c3*1-5-13-21(14-6-1)25(22-15-7-2-8-16-22)26(23-17-9-3-10-18-23)24-19-11-4-12-20-24;1-2/h3*1-20H;1-2H2. The Balaban J connectivity index is 0.000000143. The molecule has 0 aliphatic carbocycles. The van der Waals surface area contributed by atoms with Gasteiger partial charge in [0, 0.05) is 0 Å². The van der Waals surface area contributed by atoms with Crippen molar-refractivity contribution in [3.63, 3.8) is 0 Å². The lowest BCUT2D eigenvalue weighted by Crippen LogP contribution is -1.97. The average Bonchev–Trinajstić information content (AvgIpc) is 3.58. The minimum absolute atomic E-state index is 1.22. The smallest absolute Gasteiger partial charge is 0.00268 e. The molecule has 384 valence electrons. The molecule has 12 aromatic carbocycles. The van der Waals surface area contributed by atoms with Crippen LogP contribution in [0.2, 0.25) is 0 Å². The molecule has 12 aromatic rings. The third-order valence-electron chi connectivity index (χ3n) is 13.5. The van der Waals surface area contributed by atoms with E-state index in [1.165, 1.54) is 100 Å². The maximum absolute atomic E-state index is 3.00. The van der Waals surface area contributed by atoms with Gasteiger partial charge in [-0.1, -0.05) is 364 Å². The molecule has 0 unspecified atom stereocenters. The third-order valence-corrected chi connectivity index (χ3v) is 13.5. The molecule has 0 radical (unpaired) electrons. The van der Waals surface area contributed by atoms with Crippen LogP contribution in [-0.4, -0.2) is 0 Å². The van der Waals surface area contributed by atoms with Crippen molar-refractivity contribution in [1.29, 1.82) is 0 Å². The van der Waals surface area contributed by atoms with Crippen molar-refractivity contribution >= 4 is 33.4 Å². The second-order valence-electron chi connectivity index (χ2n) is 18.6. The zero-order valence-corrected chi connectivity index (χ0v) is 45.1. The molecular weight excluding hydrogens is 961 g/mol. The number of hydrogen-bond acceptors (Lipinski definition) is 0. The van der Waals surface area contributed by atoms with Gasteiger partial charge in [-0.25, -0.2) is 0 Å². The summed E-state index contributed by atoms with van der Waals surface area (Å²) in [5.74, 6) is 0. The molecule has 0 heteroatoms. The Morgan fingerprint density at radius 1 is 0.113 bits per heavy atom. The van der Waals surface area contributed by atoms with Gasteiger partial charge in [0.15, 0.2) is 0 Å². The fourth-order valence-corrected chi connectivity index (χ4v) is 9.99. The van der Waals surface area contributed by atoms with Gasteiger partial charge in [-0.15, -0.1) is 13.2 Å². The second-order valence-corrected chi connectivity index (χ2v) is 18.6. The lowest BCUT2D eigenvalue weighted by Gasteiger charge is -2.18. The summed E-state index contributed by atoms with van der Waals surface area (Å²) in [6.45, 7) is 6.00. The lowest BCUT2D eigenvalue weighted by molar-refractivity contribution is 1.50. The average molecular weight is 1030 g/mol. The van der Waals surface area contributed by atoms with Gasteiger partial charge in [0.2, 0.25) is 0 Å². The van der Waals surface area contributed by atoms with E-state index in [4.69, 9.17) is 0 Å². The maximum atomic E-state index is 3.00. The molecule has 80 heavy (non-hydrogen) atoms. The SMILES string of the molecule is C=C.c1ccc(C(=C(c2ccccc2)c2ccccc2)c2ccccc2)cc1.c1ccc(C(=C(c2ccccc2)c2ccccc2)c2ccccc2)cc1.c1ccc(C(=C(c2ccccc2)c2ccccc2)c2ccccc2)cc1. The first kappa shape index (κ1) is 54.4. The van der Waals surface area contributed by atoms with Crippen LogP contribution in [0.15, 0.2) is 377 Å². The van der Waals surface area contributed by atoms with Crippen LogP contribution in [-0.2, 0) is 0 Å². The van der Waals surface area contributed by atoms with E-state index < -0.39 is 0 Å². The van der Waals surface area contributed by atoms with E-state index in [0.29, 0.717) is 0 Å².